The quantitative estimate of drug-likeness (QED) is 0.736. The van der Waals surface area contributed by atoms with Gasteiger partial charge in [0.25, 0.3) is 0 Å². The Morgan fingerprint density at radius 3 is 2.36 bits per heavy atom. The lowest BCUT2D eigenvalue weighted by molar-refractivity contribution is -0.183. The molecule has 1 nitrogen and oxygen atoms in total. The summed E-state index contributed by atoms with van der Waals surface area (Å²) in [4.78, 5) is 0. The molecule has 0 bridgehead atoms. The Kier molecular flexibility index (Phi) is 3.81. The molecular weight excluding hydrogens is 191 g/mol. The normalized spacial score (nSPS) is 29.6. The Morgan fingerprint density at radius 2 is 1.86 bits per heavy atom. The van der Waals surface area contributed by atoms with E-state index in [9.17, 15) is 13.2 Å². The van der Waals surface area contributed by atoms with Crippen molar-refractivity contribution in [2.75, 3.05) is 0 Å². The first kappa shape index (κ1) is 11.8. The van der Waals surface area contributed by atoms with E-state index in [2.05, 4.69) is 5.32 Å². The van der Waals surface area contributed by atoms with E-state index in [1.165, 1.54) is 0 Å². The van der Waals surface area contributed by atoms with Crippen LogP contribution in [0.25, 0.3) is 0 Å². The molecule has 84 valence electrons. The van der Waals surface area contributed by atoms with E-state index in [0.717, 1.165) is 6.42 Å². The van der Waals surface area contributed by atoms with Gasteiger partial charge in [0.1, 0.15) is 0 Å². The zero-order chi connectivity index (χ0) is 10.8. The SMILES string of the molecule is CC(C)NC1CCCC(C(F)(F)F)C1. The van der Waals surface area contributed by atoms with E-state index in [4.69, 9.17) is 0 Å². The summed E-state index contributed by atoms with van der Waals surface area (Å²) in [5.74, 6) is -1.09. The summed E-state index contributed by atoms with van der Waals surface area (Å²) in [5.41, 5.74) is 0. The van der Waals surface area contributed by atoms with Gasteiger partial charge < -0.3 is 5.32 Å². The molecule has 0 spiro atoms. The van der Waals surface area contributed by atoms with Gasteiger partial charge in [0.05, 0.1) is 5.92 Å². The van der Waals surface area contributed by atoms with Crippen molar-refractivity contribution < 1.29 is 13.2 Å². The van der Waals surface area contributed by atoms with Crippen molar-refractivity contribution >= 4 is 0 Å². The van der Waals surface area contributed by atoms with Gasteiger partial charge >= 0.3 is 6.18 Å². The summed E-state index contributed by atoms with van der Waals surface area (Å²) < 4.78 is 37.3. The lowest BCUT2D eigenvalue weighted by atomic mass is 9.85. The molecule has 0 aliphatic heterocycles. The molecule has 0 saturated heterocycles. The summed E-state index contributed by atoms with van der Waals surface area (Å²) >= 11 is 0. The summed E-state index contributed by atoms with van der Waals surface area (Å²) in [6.45, 7) is 3.94. The largest absolute Gasteiger partial charge is 0.391 e. The Balaban J connectivity index is 2.44. The van der Waals surface area contributed by atoms with Crippen LogP contribution in [-0.2, 0) is 0 Å². The van der Waals surface area contributed by atoms with Gasteiger partial charge in [-0.3, -0.25) is 0 Å². The van der Waals surface area contributed by atoms with Crippen LogP contribution in [0.1, 0.15) is 39.5 Å². The first-order chi connectivity index (χ1) is 6.39. The number of nitrogens with one attached hydrogen (secondary N) is 1. The zero-order valence-electron chi connectivity index (χ0n) is 8.69. The van der Waals surface area contributed by atoms with Crippen molar-refractivity contribution in [3.05, 3.63) is 0 Å². The fourth-order valence-electron chi connectivity index (χ4n) is 2.11. The van der Waals surface area contributed by atoms with Crippen LogP contribution in [0.15, 0.2) is 0 Å². The van der Waals surface area contributed by atoms with Gasteiger partial charge in [-0.05, 0) is 19.3 Å². The second kappa shape index (κ2) is 4.51. The topological polar surface area (TPSA) is 12.0 Å². The smallest absolute Gasteiger partial charge is 0.312 e. The Labute approximate surface area is 83.1 Å². The molecule has 0 amide bonds. The van der Waals surface area contributed by atoms with Gasteiger partial charge in [0.2, 0.25) is 0 Å². The average molecular weight is 209 g/mol. The maximum atomic E-state index is 12.4. The predicted molar refractivity (Wildman–Crippen MR) is 50.1 cm³/mol. The van der Waals surface area contributed by atoms with E-state index < -0.39 is 12.1 Å². The highest BCUT2D eigenvalue weighted by Crippen LogP contribution is 2.37. The predicted octanol–water partition coefficient (Wildman–Crippen LogP) is 3.11. The first-order valence-corrected chi connectivity index (χ1v) is 5.22. The van der Waals surface area contributed by atoms with Crippen LogP contribution in [-0.4, -0.2) is 18.3 Å². The van der Waals surface area contributed by atoms with Crippen LogP contribution in [0, 0.1) is 5.92 Å². The molecule has 2 atom stereocenters. The summed E-state index contributed by atoms with van der Waals surface area (Å²) in [6.07, 6.45) is -1.88. The molecule has 0 aromatic rings. The second-order valence-electron chi connectivity index (χ2n) is 4.42. The van der Waals surface area contributed by atoms with Gasteiger partial charge in [-0.2, -0.15) is 13.2 Å². The van der Waals surface area contributed by atoms with E-state index >= 15 is 0 Å². The Bertz CT molecular complexity index is 177. The summed E-state index contributed by atoms with van der Waals surface area (Å²) in [7, 11) is 0. The molecule has 4 heteroatoms. The van der Waals surface area contributed by atoms with Crippen LogP contribution < -0.4 is 5.32 Å². The first-order valence-electron chi connectivity index (χ1n) is 5.22. The monoisotopic (exact) mass is 209 g/mol. The Hall–Kier alpha value is -0.250. The maximum absolute atomic E-state index is 12.4. The van der Waals surface area contributed by atoms with E-state index in [0.29, 0.717) is 12.8 Å². The average Bonchev–Trinajstić information content (AvgIpc) is 2.01. The van der Waals surface area contributed by atoms with Crippen LogP contribution in [0.3, 0.4) is 0 Å². The molecule has 0 radical (unpaired) electrons. The third kappa shape index (κ3) is 3.48. The minimum Gasteiger partial charge on any atom is -0.312 e. The zero-order valence-corrected chi connectivity index (χ0v) is 8.69. The lowest BCUT2D eigenvalue weighted by Gasteiger charge is -2.32. The lowest BCUT2D eigenvalue weighted by Crippen LogP contribution is -2.41. The highest BCUT2D eigenvalue weighted by Gasteiger charge is 2.42. The highest BCUT2D eigenvalue weighted by molar-refractivity contribution is 4.82. The molecule has 1 aliphatic rings. The van der Waals surface area contributed by atoms with Gasteiger partial charge in [-0.25, -0.2) is 0 Å². The van der Waals surface area contributed by atoms with Crippen molar-refractivity contribution in [3.8, 4) is 0 Å². The van der Waals surface area contributed by atoms with Crippen molar-refractivity contribution in [2.45, 2.75) is 57.8 Å². The van der Waals surface area contributed by atoms with Crippen LogP contribution >= 0.6 is 0 Å². The molecule has 2 unspecified atom stereocenters. The van der Waals surface area contributed by atoms with Gasteiger partial charge in [0, 0.05) is 12.1 Å². The number of rotatable bonds is 2. The molecule has 1 saturated carbocycles. The van der Waals surface area contributed by atoms with Crippen LogP contribution in [0.2, 0.25) is 0 Å². The molecular formula is C10H18F3N. The maximum Gasteiger partial charge on any atom is 0.391 e. The fourth-order valence-corrected chi connectivity index (χ4v) is 2.11. The van der Waals surface area contributed by atoms with Gasteiger partial charge in [-0.1, -0.05) is 20.3 Å². The van der Waals surface area contributed by atoms with Crippen molar-refractivity contribution in [2.24, 2.45) is 5.92 Å². The molecule has 14 heavy (non-hydrogen) atoms. The number of hydrogen-bond acceptors (Lipinski definition) is 1. The van der Waals surface area contributed by atoms with Gasteiger partial charge in [0.15, 0.2) is 0 Å². The molecule has 0 aromatic heterocycles. The summed E-state index contributed by atoms with van der Waals surface area (Å²) in [5, 5.41) is 3.18. The van der Waals surface area contributed by atoms with E-state index in [1.54, 1.807) is 0 Å². The minimum atomic E-state index is -4.00. The molecule has 0 aromatic carbocycles. The van der Waals surface area contributed by atoms with E-state index in [-0.39, 0.29) is 18.5 Å². The molecule has 1 N–H and O–H groups in total. The third-order valence-electron chi connectivity index (χ3n) is 2.71. The molecule has 1 aliphatic carbocycles. The van der Waals surface area contributed by atoms with Gasteiger partial charge in [-0.15, -0.1) is 0 Å². The number of halogens is 3. The fraction of sp³-hybridized carbons (Fsp3) is 1.00. The molecule has 1 rings (SSSR count). The van der Waals surface area contributed by atoms with Crippen LogP contribution in [0.4, 0.5) is 13.2 Å². The molecule has 0 heterocycles. The van der Waals surface area contributed by atoms with Crippen molar-refractivity contribution in [3.63, 3.8) is 0 Å². The summed E-state index contributed by atoms with van der Waals surface area (Å²) in [6, 6.07) is 0.322. The minimum absolute atomic E-state index is 0.0513. The second-order valence-corrected chi connectivity index (χ2v) is 4.42. The Morgan fingerprint density at radius 1 is 1.21 bits per heavy atom. The standard InChI is InChI=1S/C10H18F3N/c1-7(2)14-9-5-3-4-8(6-9)10(11,12)13/h7-9,14H,3-6H2,1-2H3. The molecule has 1 fully saturated rings. The number of hydrogen-bond donors (Lipinski definition) is 1. The van der Waals surface area contributed by atoms with Crippen molar-refractivity contribution in [1.29, 1.82) is 0 Å². The highest BCUT2D eigenvalue weighted by atomic mass is 19.4. The van der Waals surface area contributed by atoms with Crippen molar-refractivity contribution in [1.82, 2.24) is 5.32 Å². The third-order valence-corrected chi connectivity index (χ3v) is 2.71. The number of alkyl halides is 3. The van der Waals surface area contributed by atoms with Crippen LogP contribution in [0.5, 0.6) is 0 Å². The van der Waals surface area contributed by atoms with E-state index in [1.807, 2.05) is 13.8 Å².